The lowest BCUT2D eigenvalue weighted by Gasteiger charge is -2.10. The molecule has 0 fully saturated rings. The van der Waals surface area contributed by atoms with Crippen molar-refractivity contribution in [3.63, 3.8) is 0 Å². The van der Waals surface area contributed by atoms with Crippen molar-refractivity contribution in [3.8, 4) is 28.3 Å². The maximum Gasteiger partial charge on any atom is 0.258 e. The summed E-state index contributed by atoms with van der Waals surface area (Å²) in [6, 6.07) is 25.5. The maximum absolute atomic E-state index is 13.4. The summed E-state index contributed by atoms with van der Waals surface area (Å²) in [4.78, 5) is 23.9. The molecule has 0 aliphatic rings. The first-order valence-corrected chi connectivity index (χ1v) is 11.7. The lowest BCUT2D eigenvalue weighted by molar-refractivity contribution is 0.102. The lowest BCUT2D eigenvalue weighted by Crippen LogP contribution is -2.13. The first-order valence-electron chi connectivity index (χ1n) is 10.9. The third-order valence-corrected chi connectivity index (χ3v) is 6.57. The Morgan fingerprint density at radius 2 is 1.59 bits per heavy atom. The summed E-state index contributed by atoms with van der Waals surface area (Å²) < 4.78 is 5.24. The Hall–Kier alpha value is -4.03. The van der Waals surface area contributed by atoms with Gasteiger partial charge in [0, 0.05) is 21.4 Å². The Morgan fingerprint density at radius 3 is 2.32 bits per heavy atom. The van der Waals surface area contributed by atoms with Gasteiger partial charge in [-0.05, 0) is 50.2 Å². The van der Waals surface area contributed by atoms with E-state index in [0.717, 1.165) is 44.0 Å². The lowest BCUT2D eigenvalue weighted by atomic mass is 10.0. The van der Waals surface area contributed by atoms with Gasteiger partial charge in [-0.25, -0.2) is 9.97 Å². The molecule has 5 rings (SSSR count). The predicted octanol–water partition coefficient (Wildman–Crippen LogP) is 6.90. The molecule has 0 saturated heterocycles. The second kappa shape index (κ2) is 9.08. The van der Waals surface area contributed by atoms with Crippen LogP contribution in [-0.4, -0.2) is 23.0 Å². The summed E-state index contributed by atoms with van der Waals surface area (Å²) >= 11 is 1.46. The Bertz CT molecular complexity index is 1490. The number of fused-ring (bicyclic) bond motifs is 1. The van der Waals surface area contributed by atoms with Gasteiger partial charge in [0.25, 0.3) is 5.91 Å². The zero-order chi connectivity index (χ0) is 23.7. The molecule has 2 heterocycles. The highest BCUT2D eigenvalue weighted by molar-refractivity contribution is 7.16. The van der Waals surface area contributed by atoms with Gasteiger partial charge in [0.15, 0.2) is 5.13 Å². The minimum Gasteiger partial charge on any atom is -0.497 e. The molecule has 1 amide bonds. The number of hydrogen-bond donors (Lipinski definition) is 1. The molecular formula is C28H23N3O2S. The average Bonchev–Trinajstić information content (AvgIpc) is 3.23. The van der Waals surface area contributed by atoms with Crippen LogP contribution in [0.15, 0.2) is 78.9 Å². The number of nitrogens with zero attached hydrogens (tertiary/aromatic N) is 2. The Labute approximate surface area is 202 Å². The maximum atomic E-state index is 13.4. The molecule has 6 heteroatoms. The van der Waals surface area contributed by atoms with Crippen LogP contribution in [0.4, 0.5) is 5.13 Å². The van der Waals surface area contributed by atoms with Crippen LogP contribution in [0, 0.1) is 13.8 Å². The number of benzene rings is 3. The molecule has 0 bridgehead atoms. The first kappa shape index (κ1) is 21.8. The molecule has 168 valence electrons. The van der Waals surface area contributed by atoms with Crippen LogP contribution < -0.4 is 10.1 Å². The minimum atomic E-state index is -0.206. The number of para-hydroxylation sites is 1. The average molecular weight is 466 g/mol. The summed E-state index contributed by atoms with van der Waals surface area (Å²) in [6.07, 6.45) is 0. The zero-order valence-corrected chi connectivity index (χ0v) is 19.9. The van der Waals surface area contributed by atoms with Gasteiger partial charge in [-0.2, -0.15) is 0 Å². The SMILES string of the molecule is COc1ccc(-c2nc(NC(=O)c3cc(-c4ccc(C)cc4)nc4ccccc34)sc2C)cc1. The molecule has 5 aromatic rings. The van der Waals surface area contributed by atoms with Gasteiger partial charge in [-0.15, -0.1) is 11.3 Å². The summed E-state index contributed by atoms with van der Waals surface area (Å²) in [5.41, 5.74) is 6.08. The number of aromatic nitrogens is 2. The topological polar surface area (TPSA) is 64.1 Å². The van der Waals surface area contributed by atoms with Crippen molar-refractivity contribution >= 4 is 33.3 Å². The van der Waals surface area contributed by atoms with Gasteiger partial charge >= 0.3 is 0 Å². The minimum absolute atomic E-state index is 0.206. The summed E-state index contributed by atoms with van der Waals surface area (Å²) in [5.74, 6) is 0.584. The predicted molar refractivity (Wildman–Crippen MR) is 139 cm³/mol. The summed E-state index contributed by atoms with van der Waals surface area (Å²) in [7, 11) is 1.64. The van der Waals surface area contributed by atoms with E-state index < -0.39 is 0 Å². The van der Waals surface area contributed by atoms with Gasteiger partial charge in [0.1, 0.15) is 5.75 Å². The first-order chi connectivity index (χ1) is 16.5. The summed E-state index contributed by atoms with van der Waals surface area (Å²) in [6.45, 7) is 4.05. The molecule has 0 unspecified atom stereocenters. The number of anilines is 1. The monoisotopic (exact) mass is 465 g/mol. The highest BCUT2D eigenvalue weighted by Crippen LogP contribution is 2.32. The van der Waals surface area contributed by atoms with Crippen LogP contribution in [0.2, 0.25) is 0 Å². The Kier molecular flexibility index (Phi) is 5.82. The summed E-state index contributed by atoms with van der Waals surface area (Å²) in [5, 5.41) is 4.37. The number of pyridine rings is 1. The van der Waals surface area contributed by atoms with Gasteiger partial charge in [0.05, 0.1) is 29.6 Å². The van der Waals surface area contributed by atoms with Crippen molar-refractivity contribution in [1.29, 1.82) is 0 Å². The zero-order valence-electron chi connectivity index (χ0n) is 19.1. The van der Waals surface area contributed by atoms with Crippen LogP contribution in [0.3, 0.4) is 0 Å². The number of aryl methyl sites for hydroxylation is 2. The highest BCUT2D eigenvalue weighted by atomic mass is 32.1. The molecule has 0 spiro atoms. The molecule has 0 aliphatic carbocycles. The molecule has 34 heavy (non-hydrogen) atoms. The molecule has 0 radical (unpaired) electrons. The molecule has 0 atom stereocenters. The van der Waals surface area contributed by atoms with Crippen LogP contribution in [0.5, 0.6) is 5.75 Å². The van der Waals surface area contributed by atoms with Crippen molar-refractivity contribution in [1.82, 2.24) is 9.97 Å². The number of thiazole rings is 1. The van der Waals surface area contributed by atoms with Crippen molar-refractivity contribution in [2.24, 2.45) is 0 Å². The van der Waals surface area contributed by atoms with Crippen LogP contribution >= 0.6 is 11.3 Å². The van der Waals surface area contributed by atoms with E-state index in [4.69, 9.17) is 14.7 Å². The fraction of sp³-hybridized carbons (Fsp3) is 0.107. The third-order valence-electron chi connectivity index (χ3n) is 5.69. The second-order valence-corrected chi connectivity index (χ2v) is 9.25. The number of amides is 1. The second-order valence-electron chi connectivity index (χ2n) is 8.04. The quantitative estimate of drug-likeness (QED) is 0.306. The Balaban J connectivity index is 1.49. The fourth-order valence-electron chi connectivity index (χ4n) is 3.87. The molecule has 0 aliphatic heterocycles. The molecule has 0 saturated carbocycles. The smallest absolute Gasteiger partial charge is 0.258 e. The number of methoxy groups -OCH3 is 1. The van der Waals surface area contributed by atoms with Crippen molar-refractivity contribution < 1.29 is 9.53 Å². The van der Waals surface area contributed by atoms with Gasteiger partial charge in [-0.1, -0.05) is 48.0 Å². The van der Waals surface area contributed by atoms with E-state index in [0.29, 0.717) is 10.7 Å². The molecular weight excluding hydrogens is 442 g/mol. The van der Waals surface area contributed by atoms with Crippen molar-refractivity contribution in [2.45, 2.75) is 13.8 Å². The number of hydrogen-bond acceptors (Lipinski definition) is 5. The Morgan fingerprint density at radius 1 is 0.882 bits per heavy atom. The third kappa shape index (κ3) is 4.28. The highest BCUT2D eigenvalue weighted by Gasteiger charge is 2.17. The molecule has 5 nitrogen and oxygen atoms in total. The molecule has 1 N–H and O–H groups in total. The number of ether oxygens (including phenoxy) is 1. The largest absolute Gasteiger partial charge is 0.497 e. The van der Waals surface area contributed by atoms with Crippen LogP contribution in [0.25, 0.3) is 33.4 Å². The van der Waals surface area contributed by atoms with E-state index in [9.17, 15) is 4.79 Å². The molecule has 2 aromatic heterocycles. The van der Waals surface area contributed by atoms with Crippen LogP contribution in [-0.2, 0) is 0 Å². The van der Waals surface area contributed by atoms with E-state index in [2.05, 4.69) is 5.32 Å². The number of carbonyl (C=O) groups is 1. The standard InChI is InChI=1S/C28H23N3O2S/c1-17-8-10-19(11-9-17)25-16-23(22-6-4-5-7-24(22)29-25)27(32)31-28-30-26(18(2)34-28)20-12-14-21(33-3)15-13-20/h4-16H,1-3H3,(H,30,31,32). The number of carbonyl (C=O) groups excluding carboxylic acids is 1. The van der Waals surface area contributed by atoms with E-state index in [1.54, 1.807) is 7.11 Å². The van der Waals surface area contributed by atoms with E-state index in [1.807, 2.05) is 92.7 Å². The van der Waals surface area contributed by atoms with E-state index in [-0.39, 0.29) is 5.91 Å². The number of nitrogens with one attached hydrogen (secondary N) is 1. The fourth-order valence-corrected chi connectivity index (χ4v) is 4.70. The van der Waals surface area contributed by atoms with Crippen molar-refractivity contribution in [3.05, 3.63) is 94.9 Å². The van der Waals surface area contributed by atoms with Gasteiger partial charge < -0.3 is 4.74 Å². The van der Waals surface area contributed by atoms with Gasteiger partial charge in [0.2, 0.25) is 0 Å². The van der Waals surface area contributed by atoms with E-state index in [1.165, 1.54) is 16.9 Å². The van der Waals surface area contributed by atoms with E-state index >= 15 is 0 Å². The van der Waals surface area contributed by atoms with Crippen molar-refractivity contribution in [2.75, 3.05) is 12.4 Å². The van der Waals surface area contributed by atoms with Gasteiger partial charge in [-0.3, -0.25) is 10.1 Å². The molecule has 3 aromatic carbocycles. The number of rotatable bonds is 5. The van der Waals surface area contributed by atoms with Crippen LogP contribution in [0.1, 0.15) is 20.8 Å². The normalized spacial score (nSPS) is 10.9.